The molecule has 0 aliphatic heterocycles. The van der Waals surface area contributed by atoms with Crippen molar-refractivity contribution in [2.45, 2.75) is 79.2 Å². The first-order valence-electron chi connectivity index (χ1n) is 11.5. The quantitative estimate of drug-likeness (QED) is 0.496. The van der Waals surface area contributed by atoms with Crippen LogP contribution in [0.25, 0.3) is 10.9 Å². The molecule has 0 spiro atoms. The van der Waals surface area contributed by atoms with Gasteiger partial charge in [0.1, 0.15) is 0 Å². The van der Waals surface area contributed by atoms with Crippen LogP contribution >= 0.6 is 0 Å². The molecule has 1 aromatic carbocycles. The molecule has 0 fully saturated rings. The Kier molecular flexibility index (Phi) is 9.22. The smallest absolute Gasteiger partial charge is 0.220 e. The number of hydrogen-bond acceptors (Lipinski definition) is 2. The number of carbonyl (C=O) groups excluding carboxylic acids is 1. The summed E-state index contributed by atoms with van der Waals surface area (Å²) in [6, 6.07) is 6.72. The maximum absolute atomic E-state index is 12.8. The third-order valence-electron chi connectivity index (χ3n) is 6.24. The number of aromatic amines is 1. The molecule has 0 aliphatic rings. The normalized spacial score (nSPS) is 13.9. The number of benzene rings is 1. The Morgan fingerprint density at radius 2 is 1.86 bits per heavy atom. The number of aryl methyl sites for hydroxylation is 1. The average Bonchev–Trinajstić information content (AvgIpc) is 3.13. The zero-order valence-electron chi connectivity index (χ0n) is 19.3. The zero-order chi connectivity index (χ0) is 21.4. The van der Waals surface area contributed by atoms with Crippen molar-refractivity contribution in [3.05, 3.63) is 35.5 Å². The molecule has 0 unspecified atom stereocenters. The van der Waals surface area contributed by atoms with Crippen LogP contribution in [0.15, 0.2) is 24.4 Å². The second kappa shape index (κ2) is 11.4. The Balaban J connectivity index is 1.99. The van der Waals surface area contributed by atoms with Gasteiger partial charge < -0.3 is 15.2 Å². The van der Waals surface area contributed by atoms with Crippen LogP contribution in [0.1, 0.15) is 77.8 Å². The van der Waals surface area contributed by atoms with Crippen LogP contribution in [0.4, 0.5) is 0 Å². The van der Waals surface area contributed by atoms with E-state index in [1.54, 1.807) is 0 Å². The summed E-state index contributed by atoms with van der Waals surface area (Å²) >= 11 is 0. The largest absolute Gasteiger partial charge is 0.361 e. The SMILES string of the molecule is CCc1cccc2c([C@H](CC(=O)N[C@H](C)CCCN(CC)CC)C(C)C)c[nH]c12. The second-order valence-corrected chi connectivity index (χ2v) is 8.63. The number of nitrogens with zero attached hydrogens (tertiary/aromatic N) is 1. The minimum absolute atomic E-state index is 0.167. The third-order valence-corrected chi connectivity index (χ3v) is 6.24. The molecule has 29 heavy (non-hydrogen) atoms. The topological polar surface area (TPSA) is 48.1 Å². The number of amides is 1. The van der Waals surface area contributed by atoms with Gasteiger partial charge in [-0.05, 0) is 68.8 Å². The maximum Gasteiger partial charge on any atom is 0.220 e. The summed E-state index contributed by atoms with van der Waals surface area (Å²) < 4.78 is 0. The first kappa shape index (κ1) is 23.5. The molecule has 1 aromatic heterocycles. The van der Waals surface area contributed by atoms with Crippen LogP contribution in [0.3, 0.4) is 0 Å². The molecule has 0 saturated carbocycles. The van der Waals surface area contributed by atoms with Crippen molar-refractivity contribution in [3.63, 3.8) is 0 Å². The molecule has 162 valence electrons. The van der Waals surface area contributed by atoms with Crippen molar-refractivity contribution in [3.8, 4) is 0 Å². The van der Waals surface area contributed by atoms with E-state index in [0.717, 1.165) is 38.9 Å². The first-order valence-corrected chi connectivity index (χ1v) is 11.5. The van der Waals surface area contributed by atoms with Gasteiger partial charge in [0, 0.05) is 29.6 Å². The Labute approximate surface area is 177 Å². The van der Waals surface area contributed by atoms with E-state index in [9.17, 15) is 4.79 Å². The number of hydrogen-bond donors (Lipinski definition) is 2. The summed E-state index contributed by atoms with van der Waals surface area (Å²) in [5, 5.41) is 4.51. The van der Waals surface area contributed by atoms with Crippen LogP contribution in [0.2, 0.25) is 0 Å². The van der Waals surface area contributed by atoms with Crippen molar-refractivity contribution in [1.82, 2.24) is 15.2 Å². The van der Waals surface area contributed by atoms with Gasteiger partial charge in [-0.25, -0.2) is 0 Å². The Bertz CT molecular complexity index is 761. The Morgan fingerprint density at radius 3 is 2.48 bits per heavy atom. The molecular weight excluding hydrogens is 358 g/mol. The second-order valence-electron chi connectivity index (χ2n) is 8.63. The lowest BCUT2D eigenvalue weighted by Crippen LogP contribution is -2.34. The molecule has 0 saturated heterocycles. The molecule has 1 amide bonds. The highest BCUT2D eigenvalue weighted by Gasteiger charge is 2.23. The van der Waals surface area contributed by atoms with Crippen LogP contribution in [-0.2, 0) is 11.2 Å². The van der Waals surface area contributed by atoms with E-state index < -0.39 is 0 Å². The van der Waals surface area contributed by atoms with Gasteiger partial charge in [-0.1, -0.05) is 52.8 Å². The molecule has 4 nitrogen and oxygen atoms in total. The van der Waals surface area contributed by atoms with Crippen molar-refractivity contribution < 1.29 is 4.79 Å². The molecule has 0 radical (unpaired) electrons. The summed E-state index contributed by atoms with van der Waals surface area (Å²) in [6.45, 7) is 16.5. The van der Waals surface area contributed by atoms with E-state index in [4.69, 9.17) is 0 Å². The summed E-state index contributed by atoms with van der Waals surface area (Å²) in [5.41, 5.74) is 3.83. The molecule has 4 heteroatoms. The summed E-state index contributed by atoms with van der Waals surface area (Å²) in [6.07, 6.45) is 5.83. The number of para-hydroxylation sites is 1. The molecule has 2 rings (SSSR count). The number of aromatic nitrogens is 1. The Morgan fingerprint density at radius 1 is 1.14 bits per heavy atom. The zero-order valence-corrected chi connectivity index (χ0v) is 19.3. The highest BCUT2D eigenvalue weighted by Crippen LogP contribution is 2.34. The number of fused-ring (bicyclic) bond motifs is 1. The number of nitrogens with one attached hydrogen (secondary N) is 2. The van der Waals surface area contributed by atoms with Gasteiger partial charge in [0.15, 0.2) is 0 Å². The van der Waals surface area contributed by atoms with Crippen LogP contribution in [0, 0.1) is 5.92 Å². The van der Waals surface area contributed by atoms with Gasteiger partial charge >= 0.3 is 0 Å². The average molecular weight is 400 g/mol. The van der Waals surface area contributed by atoms with E-state index in [-0.39, 0.29) is 17.9 Å². The van der Waals surface area contributed by atoms with Gasteiger partial charge in [0.05, 0.1) is 0 Å². The van der Waals surface area contributed by atoms with Crippen molar-refractivity contribution >= 4 is 16.8 Å². The van der Waals surface area contributed by atoms with E-state index in [1.807, 2.05) is 0 Å². The monoisotopic (exact) mass is 399 g/mol. The lowest BCUT2D eigenvalue weighted by Gasteiger charge is -2.23. The summed E-state index contributed by atoms with van der Waals surface area (Å²) in [5.74, 6) is 0.793. The summed E-state index contributed by atoms with van der Waals surface area (Å²) in [7, 11) is 0. The number of carbonyl (C=O) groups is 1. The fraction of sp³-hybridized carbons (Fsp3) is 0.640. The molecule has 2 atom stereocenters. The number of H-pyrrole nitrogens is 1. The van der Waals surface area contributed by atoms with E-state index in [0.29, 0.717) is 12.3 Å². The van der Waals surface area contributed by atoms with E-state index in [2.05, 4.69) is 81.1 Å². The van der Waals surface area contributed by atoms with Crippen molar-refractivity contribution in [2.24, 2.45) is 5.92 Å². The van der Waals surface area contributed by atoms with Gasteiger partial charge in [0.25, 0.3) is 0 Å². The van der Waals surface area contributed by atoms with Crippen LogP contribution < -0.4 is 5.32 Å². The predicted molar refractivity (Wildman–Crippen MR) is 124 cm³/mol. The first-order chi connectivity index (χ1) is 13.9. The van der Waals surface area contributed by atoms with Gasteiger partial charge in [-0.3, -0.25) is 4.79 Å². The Hall–Kier alpha value is -1.81. The highest BCUT2D eigenvalue weighted by atomic mass is 16.1. The van der Waals surface area contributed by atoms with Crippen LogP contribution in [0.5, 0.6) is 0 Å². The molecule has 0 bridgehead atoms. The van der Waals surface area contributed by atoms with E-state index in [1.165, 1.54) is 22.0 Å². The van der Waals surface area contributed by atoms with Crippen molar-refractivity contribution in [2.75, 3.05) is 19.6 Å². The van der Waals surface area contributed by atoms with Gasteiger partial charge in [-0.15, -0.1) is 0 Å². The number of rotatable bonds is 12. The highest BCUT2D eigenvalue weighted by molar-refractivity contribution is 5.87. The van der Waals surface area contributed by atoms with Gasteiger partial charge in [-0.2, -0.15) is 0 Å². The molecule has 2 N–H and O–H groups in total. The minimum atomic E-state index is 0.167. The third kappa shape index (κ3) is 6.33. The maximum atomic E-state index is 12.8. The predicted octanol–water partition coefficient (Wildman–Crippen LogP) is 5.49. The minimum Gasteiger partial charge on any atom is -0.361 e. The molecular formula is C25H41N3O. The standard InChI is InChI=1S/C25H41N3O/c1-7-20-13-10-14-21-23(17-26-25(20)21)22(18(4)5)16-24(29)27-19(6)12-11-15-28(8-2)9-3/h10,13-14,17-19,22,26H,7-9,11-12,15-16H2,1-6H3,(H,27,29)/t19-,22-/m1/s1. The van der Waals surface area contributed by atoms with Crippen molar-refractivity contribution in [1.29, 1.82) is 0 Å². The fourth-order valence-electron chi connectivity index (χ4n) is 4.31. The lowest BCUT2D eigenvalue weighted by atomic mass is 9.85. The molecule has 0 aliphatic carbocycles. The van der Waals surface area contributed by atoms with E-state index >= 15 is 0 Å². The summed E-state index contributed by atoms with van der Waals surface area (Å²) in [4.78, 5) is 18.7. The molecule has 2 aromatic rings. The van der Waals surface area contributed by atoms with Gasteiger partial charge in [0.2, 0.25) is 5.91 Å². The molecule has 1 heterocycles. The fourth-order valence-corrected chi connectivity index (χ4v) is 4.31. The lowest BCUT2D eigenvalue weighted by molar-refractivity contribution is -0.122. The van der Waals surface area contributed by atoms with Crippen LogP contribution in [-0.4, -0.2) is 41.5 Å².